The van der Waals surface area contributed by atoms with E-state index >= 15 is 0 Å². The lowest BCUT2D eigenvalue weighted by atomic mass is 10.0. The van der Waals surface area contributed by atoms with Gasteiger partial charge in [0.2, 0.25) is 5.95 Å². The van der Waals surface area contributed by atoms with Gasteiger partial charge in [-0.2, -0.15) is 0 Å². The first-order chi connectivity index (χ1) is 16.9. The summed E-state index contributed by atoms with van der Waals surface area (Å²) in [5, 5.41) is 4.56. The van der Waals surface area contributed by atoms with E-state index in [0.717, 1.165) is 52.3 Å². The van der Waals surface area contributed by atoms with Crippen LogP contribution < -0.4 is 15.0 Å². The minimum atomic E-state index is 0.549. The van der Waals surface area contributed by atoms with E-state index < -0.39 is 0 Å². The van der Waals surface area contributed by atoms with E-state index in [2.05, 4.69) is 70.4 Å². The summed E-state index contributed by atoms with van der Waals surface area (Å²) in [6.45, 7) is 6.30. The van der Waals surface area contributed by atoms with Crippen LogP contribution in [0.25, 0.3) is 22.2 Å². The summed E-state index contributed by atoms with van der Waals surface area (Å²) in [7, 11) is 6.06. The first-order valence-corrected chi connectivity index (χ1v) is 12.2. The molecule has 1 aliphatic heterocycles. The van der Waals surface area contributed by atoms with Crippen LogP contribution in [0.1, 0.15) is 24.0 Å². The Morgan fingerprint density at radius 2 is 1.86 bits per heavy atom. The molecule has 0 unspecified atom stereocenters. The van der Waals surface area contributed by atoms with E-state index in [9.17, 15) is 0 Å². The standard InChI is InChI=1S/C28H34N6O/c1-18-14-24(26(35-5)15-25(18)34-12-10-20(11-13-34)33(3)4)31-28-30-16-19(2)27(32-28)22-17-29-23-9-7-6-8-21(22)23/h6-9,14-17,20,29H,10-13H2,1-5H3,(H,30,31,32). The number of hydrogen-bond donors (Lipinski definition) is 2. The van der Waals surface area contributed by atoms with Crippen LogP contribution in [-0.2, 0) is 0 Å². The lowest BCUT2D eigenvalue weighted by Crippen LogP contribution is -2.42. The smallest absolute Gasteiger partial charge is 0.227 e. The van der Waals surface area contributed by atoms with Gasteiger partial charge in [-0.3, -0.25) is 0 Å². The van der Waals surface area contributed by atoms with Crippen LogP contribution in [0, 0.1) is 13.8 Å². The van der Waals surface area contributed by atoms with E-state index in [0.29, 0.717) is 12.0 Å². The van der Waals surface area contributed by atoms with Crippen LogP contribution in [0.15, 0.2) is 48.8 Å². The van der Waals surface area contributed by atoms with Gasteiger partial charge in [0.1, 0.15) is 5.75 Å². The number of piperidine rings is 1. The molecule has 35 heavy (non-hydrogen) atoms. The lowest BCUT2D eigenvalue weighted by molar-refractivity contribution is 0.249. The molecule has 182 valence electrons. The van der Waals surface area contributed by atoms with Gasteiger partial charge >= 0.3 is 0 Å². The second kappa shape index (κ2) is 9.58. The Morgan fingerprint density at radius 1 is 1.09 bits per heavy atom. The van der Waals surface area contributed by atoms with Gasteiger partial charge in [-0.05, 0) is 64.0 Å². The Balaban J connectivity index is 1.42. The predicted molar refractivity (Wildman–Crippen MR) is 144 cm³/mol. The lowest BCUT2D eigenvalue weighted by Gasteiger charge is -2.37. The van der Waals surface area contributed by atoms with Crippen LogP contribution in [-0.4, -0.2) is 60.2 Å². The van der Waals surface area contributed by atoms with Crippen LogP contribution in [0.4, 0.5) is 17.3 Å². The fraction of sp³-hybridized carbons (Fsp3) is 0.357. The maximum Gasteiger partial charge on any atom is 0.227 e. The molecule has 1 aliphatic rings. The molecule has 1 saturated heterocycles. The average molecular weight is 471 g/mol. The first-order valence-electron chi connectivity index (χ1n) is 12.2. The molecule has 2 aromatic carbocycles. The molecular weight excluding hydrogens is 436 g/mol. The predicted octanol–water partition coefficient (Wildman–Crippen LogP) is 5.52. The summed E-state index contributed by atoms with van der Waals surface area (Å²) in [4.78, 5) is 17.6. The van der Waals surface area contributed by atoms with Gasteiger partial charge in [-0.1, -0.05) is 18.2 Å². The van der Waals surface area contributed by atoms with Crippen molar-refractivity contribution in [2.75, 3.05) is 44.5 Å². The number of aromatic nitrogens is 3. The van der Waals surface area contributed by atoms with Crippen molar-refractivity contribution in [1.29, 1.82) is 0 Å². The highest BCUT2D eigenvalue weighted by Crippen LogP contribution is 2.36. The molecule has 7 heteroatoms. The number of ether oxygens (including phenoxy) is 1. The summed E-state index contributed by atoms with van der Waals surface area (Å²) in [6.07, 6.45) is 6.23. The minimum Gasteiger partial charge on any atom is -0.494 e. The van der Waals surface area contributed by atoms with Crippen LogP contribution in [0.2, 0.25) is 0 Å². The molecule has 0 bridgehead atoms. The highest BCUT2D eigenvalue weighted by Gasteiger charge is 2.23. The van der Waals surface area contributed by atoms with Gasteiger partial charge in [-0.15, -0.1) is 0 Å². The zero-order chi connectivity index (χ0) is 24.5. The van der Waals surface area contributed by atoms with Gasteiger partial charge < -0.3 is 24.8 Å². The van der Waals surface area contributed by atoms with Crippen molar-refractivity contribution in [2.45, 2.75) is 32.7 Å². The summed E-state index contributed by atoms with van der Waals surface area (Å²) in [5.74, 6) is 1.34. The third-order valence-corrected chi connectivity index (χ3v) is 7.12. The SMILES string of the molecule is COc1cc(N2CCC(N(C)C)CC2)c(C)cc1Nc1ncc(C)c(-c2c[nH]c3ccccc23)n1. The number of nitrogens with zero attached hydrogens (tertiary/aromatic N) is 4. The highest BCUT2D eigenvalue weighted by molar-refractivity contribution is 5.95. The topological polar surface area (TPSA) is 69.3 Å². The molecule has 2 N–H and O–H groups in total. The van der Waals surface area contributed by atoms with Gasteiger partial charge in [0.25, 0.3) is 0 Å². The van der Waals surface area contributed by atoms with Crippen LogP contribution >= 0.6 is 0 Å². The molecule has 0 aliphatic carbocycles. The Hall–Kier alpha value is -3.58. The molecule has 1 fully saturated rings. The monoisotopic (exact) mass is 470 g/mol. The third kappa shape index (κ3) is 4.56. The number of para-hydroxylation sites is 1. The van der Waals surface area contributed by atoms with Crippen molar-refractivity contribution in [3.05, 3.63) is 59.9 Å². The zero-order valence-corrected chi connectivity index (χ0v) is 21.2. The number of H-pyrrole nitrogens is 1. The molecule has 7 nitrogen and oxygen atoms in total. The number of rotatable bonds is 6. The van der Waals surface area contributed by atoms with Crippen molar-refractivity contribution < 1.29 is 4.74 Å². The molecule has 5 rings (SSSR count). The Bertz CT molecular complexity index is 1340. The molecule has 0 spiro atoms. The van der Waals surface area contributed by atoms with E-state index in [1.165, 1.54) is 24.1 Å². The van der Waals surface area contributed by atoms with E-state index in [-0.39, 0.29) is 0 Å². The van der Waals surface area contributed by atoms with E-state index in [1.807, 2.05) is 31.5 Å². The van der Waals surface area contributed by atoms with Crippen molar-refractivity contribution in [1.82, 2.24) is 19.9 Å². The van der Waals surface area contributed by atoms with Crippen LogP contribution in [0.3, 0.4) is 0 Å². The second-order valence-corrected chi connectivity index (χ2v) is 9.62. The molecule has 4 aromatic rings. The van der Waals surface area contributed by atoms with Crippen LogP contribution in [0.5, 0.6) is 5.75 Å². The molecule has 0 saturated carbocycles. The molecule has 3 heterocycles. The first kappa shape index (κ1) is 23.2. The number of aryl methyl sites for hydroxylation is 2. The second-order valence-electron chi connectivity index (χ2n) is 9.62. The average Bonchev–Trinajstić information content (AvgIpc) is 3.29. The van der Waals surface area contributed by atoms with Crippen molar-refractivity contribution >= 4 is 28.2 Å². The summed E-state index contributed by atoms with van der Waals surface area (Å²) >= 11 is 0. The van der Waals surface area contributed by atoms with Gasteiger partial charge in [-0.25, -0.2) is 9.97 Å². The number of fused-ring (bicyclic) bond motifs is 1. The Labute approximate surface area is 207 Å². The maximum atomic E-state index is 5.79. The molecule has 0 radical (unpaired) electrons. The molecule has 0 atom stereocenters. The normalized spacial score (nSPS) is 14.6. The Kier molecular flexibility index (Phi) is 6.34. The van der Waals surface area contributed by atoms with Crippen molar-refractivity contribution in [3.8, 4) is 17.0 Å². The number of aromatic amines is 1. The number of methoxy groups -OCH3 is 1. The van der Waals surface area contributed by atoms with E-state index in [4.69, 9.17) is 9.72 Å². The summed E-state index contributed by atoms with van der Waals surface area (Å²) in [5.41, 5.74) is 7.41. The van der Waals surface area contributed by atoms with Gasteiger partial charge in [0, 0.05) is 59.7 Å². The molecule has 2 aromatic heterocycles. The number of anilines is 3. The largest absolute Gasteiger partial charge is 0.494 e. The van der Waals surface area contributed by atoms with E-state index in [1.54, 1.807) is 7.11 Å². The fourth-order valence-electron chi connectivity index (χ4n) is 5.07. The maximum absolute atomic E-state index is 5.79. The number of nitrogens with one attached hydrogen (secondary N) is 2. The van der Waals surface area contributed by atoms with Crippen molar-refractivity contribution in [2.24, 2.45) is 0 Å². The minimum absolute atomic E-state index is 0.549. The molecular formula is C28H34N6O. The summed E-state index contributed by atoms with van der Waals surface area (Å²) in [6, 6.07) is 13.2. The number of benzene rings is 2. The quantitative estimate of drug-likeness (QED) is 0.386. The Morgan fingerprint density at radius 3 is 2.60 bits per heavy atom. The zero-order valence-electron chi connectivity index (χ0n) is 21.2. The highest BCUT2D eigenvalue weighted by atomic mass is 16.5. The summed E-state index contributed by atoms with van der Waals surface area (Å²) < 4.78 is 5.79. The molecule has 0 amide bonds. The fourth-order valence-corrected chi connectivity index (χ4v) is 5.07. The van der Waals surface area contributed by atoms with Gasteiger partial charge in [0.05, 0.1) is 18.5 Å². The van der Waals surface area contributed by atoms with Gasteiger partial charge in [0.15, 0.2) is 0 Å². The number of hydrogen-bond acceptors (Lipinski definition) is 6. The van der Waals surface area contributed by atoms with Crippen molar-refractivity contribution in [3.63, 3.8) is 0 Å². The third-order valence-electron chi connectivity index (χ3n) is 7.12.